The first-order chi connectivity index (χ1) is 13.3. The van der Waals surface area contributed by atoms with Crippen molar-refractivity contribution in [2.45, 2.75) is 81.5 Å². The smallest absolute Gasteiger partial charge is 0.244 e. The maximum absolute atomic E-state index is 13.6. The number of fused-ring (bicyclic) bond motifs is 1. The van der Waals surface area contributed by atoms with E-state index in [0.717, 1.165) is 19.3 Å². The molecule has 3 saturated heterocycles. The second kappa shape index (κ2) is 8.22. The molecule has 3 rings (SSSR count). The maximum atomic E-state index is 13.6. The van der Waals surface area contributed by atoms with E-state index >= 15 is 0 Å². The van der Waals surface area contributed by atoms with Gasteiger partial charge in [0.1, 0.15) is 6.04 Å². The molecule has 0 aromatic rings. The normalized spacial score (nSPS) is 34.6. The molecule has 3 fully saturated rings. The lowest BCUT2D eigenvalue weighted by atomic mass is 9.70. The fourth-order valence-corrected chi connectivity index (χ4v) is 7.43. The third kappa shape index (κ3) is 3.22. The van der Waals surface area contributed by atoms with Crippen LogP contribution < -0.4 is 10.6 Å². The van der Waals surface area contributed by atoms with E-state index in [9.17, 15) is 19.5 Å². The fraction of sp³-hybridized carbons (Fsp3) is 0.850. The molecule has 1 spiro atoms. The average Bonchev–Trinajstić information content (AvgIpc) is 3.28. The summed E-state index contributed by atoms with van der Waals surface area (Å²) in [5, 5.41) is 15.9. The molecule has 0 aromatic heterocycles. The van der Waals surface area contributed by atoms with Gasteiger partial charge in [0.15, 0.2) is 0 Å². The lowest BCUT2D eigenvalue weighted by Gasteiger charge is -2.37. The summed E-state index contributed by atoms with van der Waals surface area (Å²) in [5.74, 6) is -1.26. The van der Waals surface area contributed by atoms with Crippen LogP contribution in [0.5, 0.6) is 0 Å². The number of aliphatic hydroxyl groups is 1. The third-order valence-electron chi connectivity index (χ3n) is 6.34. The first-order valence-corrected chi connectivity index (χ1v) is 11.4. The number of nitrogens with zero attached hydrogens (tertiary/aromatic N) is 1. The van der Waals surface area contributed by atoms with E-state index in [1.807, 2.05) is 27.7 Å². The van der Waals surface area contributed by atoms with Gasteiger partial charge in [-0.25, -0.2) is 0 Å². The van der Waals surface area contributed by atoms with Gasteiger partial charge in [0.25, 0.3) is 0 Å². The molecular formula is C20H33N3O4S. The minimum Gasteiger partial charge on any atom is -0.394 e. The van der Waals surface area contributed by atoms with Crippen LogP contribution in [-0.4, -0.2) is 69.0 Å². The Bertz CT molecular complexity index is 639. The van der Waals surface area contributed by atoms with Crippen molar-refractivity contribution < 1.29 is 19.5 Å². The lowest BCUT2D eigenvalue weighted by Crippen LogP contribution is -2.57. The Kier molecular flexibility index (Phi) is 6.29. The van der Waals surface area contributed by atoms with E-state index in [1.54, 1.807) is 16.7 Å². The molecule has 3 aliphatic rings. The van der Waals surface area contributed by atoms with Gasteiger partial charge in [0.05, 0.1) is 29.2 Å². The monoisotopic (exact) mass is 411 g/mol. The summed E-state index contributed by atoms with van der Waals surface area (Å²) >= 11 is 1.66. The molecule has 0 aliphatic carbocycles. The van der Waals surface area contributed by atoms with Gasteiger partial charge in [-0.05, 0) is 39.5 Å². The van der Waals surface area contributed by atoms with Crippen LogP contribution in [0.1, 0.15) is 53.4 Å². The number of carbonyl (C=O) groups is 3. The number of carbonyl (C=O) groups excluding carboxylic acids is 3. The van der Waals surface area contributed by atoms with E-state index in [0.29, 0.717) is 13.0 Å². The zero-order valence-corrected chi connectivity index (χ0v) is 18.1. The molecule has 8 heteroatoms. The van der Waals surface area contributed by atoms with Crippen LogP contribution in [0.2, 0.25) is 0 Å². The number of thioether (sulfide) groups is 1. The standard InChI is InChI=1S/C20H33N3O4S/c1-5-9-21-17(25)14-13-7-8-20(28-13)15(14)19(27)23(12(6-2)10-24)16(20)18(26)22-11(3)4/h11-16,24H,5-10H2,1-4H3,(H,21,25)(H,22,26)/t12-,13+,14-,15-,16?,20?/m0/s1. The first-order valence-electron chi connectivity index (χ1n) is 10.5. The molecule has 3 heterocycles. The van der Waals surface area contributed by atoms with Crippen molar-refractivity contribution >= 4 is 29.5 Å². The quantitative estimate of drug-likeness (QED) is 0.551. The molecule has 2 bridgehead atoms. The second-order valence-electron chi connectivity index (χ2n) is 8.50. The predicted molar refractivity (Wildman–Crippen MR) is 109 cm³/mol. The number of aliphatic hydroxyl groups excluding tert-OH is 1. The van der Waals surface area contributed by atoms with E-state index in [4.69, 9.17) is 0 Å². The summed E-state index contributed by atoms with van der Waals surface area (Å²) < 4.78 is -0.572. The third-order valence-corrected chi connectivity index (χ3v) is 8.30. The summed E-state index contributed by atoms with van der Waals surface area (Å²) in [6.07, 6.45) is 3.00. The van der Waals surface area contributed by atoms with Crippen LogP contribution >= 0.6 is 11.8 Å². The molecule has 0 aromatic carbocycles. The van der Waals surface area contributed by atoms with Crippen molar-refractivity contribution in [3.63, 3.8) is 0 Å². The highest BCUT2D eigenvalue weighted by Gasteiger charge is 2.74. The Morgan fingerprint density at radius 1 is 1.32 bits per heavy atom. The predicted octanol–water partition coefficient (Wildman–Crippen LogP) is 0.899. The fourth-order valence-electron chi connectivity index (χ4n) is 5.23. The topological polar surface area (TPSA) is 98.7 Å². The molecule has 3 aliphatic heterocycles. The highest BCUT2D eigenvalue weighted by Crippen LogP contribution is 2.66. The Balaban J connectivity index is 2.00. The molecule has 158 valence electrons. The van der Waals surface area contributed by atoms with Crippen molar-refractivity contribution in [1.29, 1.82) is 0 Å². The van der Waals surface area contributed by atoms with Crippen molar-refractivity contribution in [1.82, 2.24) is 15.5 Å². The Labute approximate surface area is 171 Å². The average molecular weight is 412 g/mol. The SMILES string of the molecule is CCCNC(=O)[C@@H]1[C@H]2C(=O)N([C@@H](CC)CO)C(C(=O)NC(C)C)C23CC[C@H]1S3. The Hall–Kier alpha value is -1.28. The number of amides is 3. The molecule has 3 amide bonds. The van der Waals surface area contributed by atoms with Crippen LogP contribution in [0.25, 0.3) is 0 Å². The first kappa shape index (κ1) is 21.4. The van der Waals surface area contributed by atoms with Gasteiger partial charge in [0, 0.05) is 17.8 Å². The van der Waals surface area contributed by atoms with E-state index in [1.165, 1.54) is 0 Å². The molecule has 0 radical (unpaired) electrons. The molecule has 7 nitrogen and oxygen atoms in total. The lowest BCUT2D eigenvalue weighted by molar-refractivity contribution is -0.142. The zero-order chi connectivity index (χ0) is 20.6. The van der Waals surface area contributed by atoms with E-state index in [-0.39, 0.29) is 35.6 Å². The van der Waals surface area contributed by atoms with Gasteiger partial charge in [0.2, 0.25) is 17.7 Å². The molecule has 3 N–H and O–H groups in total. The van der Waals surface area contributed by atoms with Gasteiger partial charge in [-0.2, -0.15) is 0 Å². The van der Waals surface area contributed by atoms with Crippen molar-refractivity contribution in [2.75, 3.05) is 13.2 Å². The molecule has 0 saturated carbocycles. The van der Waals surface area contributed by atoms with Gasteiger partial charge < -0.3 is 20.6 Å². The largest absolute Gasteiger partial charge is 0.394 e. The number of nitrogens with one attached hydrogen (secondary N) is 2. The Morgan fingerprint density at radius 2 is 2.04 bits per heavy atom. The van der Waals surface area contributed by atoms with Crippen LogP contribution in [0, 0.1) is 11.8 Å². The summed E-state index contributed by atoms with van der Waals surface area (Å²) in [5.41, 5.74) is 0. The van der Waals surface area contributed by atoms with Gasteiger partial charge >= 0.3 is 0 Å². The summed E-state index contributed by atoms with van der Waals surface area (Å²) in [6, 6.07) is -1.08. The van der Waals surface area contributed by atoms with Gasteiger partial charge in [-0.3, -0.25) is 14.4 Å². The van der Waals surface area contributed by atoms with Crippen LogP contribution in [-0.2, 0) is 14.4 Å². The number of rotatable bonds is 8. The molecule has 6 atom stereocenters. The van der Waals surface area contributed by atoms with Crippen molar-refractivity contribution in [2.24, 2.45) is 11.8 Å². The van der Waals surface area contributed by atoms with Crippen molar-refractivity contribution in [3.05, 3.63) is 0 Å². The highest BCUT2D eigenvalue weighted by atomic mass is 32.2. The second-order valence-corrected chi connectivity index (χ2v) is 10.1. The van der Waals surface area contributed by atoms with Gasteiger partial charge in [-0.1, -0.05) is 13.8 Å². The summed E-state index contributed by atoms with van der Waals surface area (Å²) in [6.45, 7) is 8.12. The van der Waals surface area contributed by atoms with Crippen LogP contribution in [0.4, 0.5) is 0 Å². The minimum absolute atomic E-state index is 0.0404. The van der Waals surface area contributed by atoms with Gasteiger partial charge in [-0.15, -0.1) is 11.8 Å². The highest BCUT2D eigenvalue weighted by molar-refractivity contribution is 8.02. The minimum atomic E-state index is -0.636. The number of likely N-dealkylation sites (tertiary alicyclic amines) is 1. The summed E-state index contributed by atoms with van der Waals surface area (Å²) in [7, 11) is 0. The number of hydrogen-bond acceptors (Lipinski definition) is 5. The van der Waals surface area contributed by atoms with Crippen LogP contribution in [0.3, 0.4) is 0 Å². The molecular weight excluding hydrogens is 378 g/mol. The van der Waals surface area contributed by atoms with E-state index in [2.05, 4.69) is 10.6 Å². The summed E-state index contributed by atoms with van der Waals surface area (Å²) in [4.78, 5) is 41.3. The van der Waals surface area contributed by atoms with Crippen LogP contribution in [0.15, 0.2) is 0 Å². The molecule has 28 heavy (non-hydrogen) atoms. The number of hydrogen-bond donors (Lipinski definition) is 3. The molecule has 2 unspecified atom stereocenters. The zero-order valence-electron chi connectivity index (χ0n) is 17.2. The van der Waals surface area contributed by atoms with Crippen molar-refractivity contribution in [3.8, 4) is 0 Å². The maximum Gasteiger partial charge on any atom is 0.244 e. The van der Waals surface area contributed by atoms with E-state index < -0.39 is 28.7 Å². The Morgan fingerprint density at radius 3 is 2.61 bits per heavy atom.